The normalized spacial score (nSPS) is 14.5. The van der Waals surface area contributed by atoms with Crippen molar-refractivity contribution in [3.63, 3.8) is 0 Å². The first-order valence-corrected chi connectivity index (χ1v) is 10.7. The summed E-state index contributed by atoms with van der Waals surface area (Å²) in [5.41, 5.74) is 4.46. The predicted octanol–water partition coefficient (Wildman–Crippen LogP) is 4.39. The van der Waals surface area contributed by atoms with E-state index < -0.39 is 0 Å². The molecule has 0 aliphatic carbocycles. The van der Waals surface area contributed by atoms with Gasteiger partial charge in [0.2, 0.25) is 0 Å². The lowest BCUT2D eigenvalue weighted by Gasteiger charge is -2.36. The molecule has 5 heteroatoms. The Hall–Kier alpha value is -3.18. The number of carbonyl (C=O) groups excluding carboxylic acids is 1. The molecule has 0 spiro atoms. The number of piperazine rings is 1. The van der Waals surface area contributed by atoms with E-state index in [4.69, 9.17) is 0 Å². The van der Waals surface area contributed by atoms with E-state index in [0.29, 0.717) is 17.7 Å². The number of aryl methyl sites for hydroxylation is 1. The van der Waals surface area contributed by atoms with Gasteiger partial charge in [-0.15, -0.1) is 0 Å². The second kappa shape index (κ2) is 9.75. The van der Waals surface area contributed by atoms with Crippen molar-refractivity contribution in [1.82, 2.24) is 10.2 Å². The van der Waals surface area contributed by atoms with Crippen LogP contribution < -0.4 is 10.2 Å². The number of carbonyl (C=O) groups is 1. The summed E-state index contributed by atoms with van der Waals surface area (Å²) in [6.07, 6.45) is 0. The fourth-order valence-corrected chi connectivity index (χ4v) is 3.94. The third kappa shape index (κ3) is 5.30. The molecule has 4 nitrogen and oxygen atoms in total. The van der Waals surface area contributed by atoms with Crippen LogP contribution in [0.5, 0.6) is 0 Å². The summed E-state index contributed by atoms with van der Waals surface area (Å²) in [7, 11) is 0. The number of halogens is 1. The van der Waals surface area contributed by atoms with Gasteiger partial charge in [-0.1, -0.05) is 48.5 Å². The average Bonchev–Trinajstić information content (AvgIpc) is 2.81. The Morgan fingerprint density at radius 1 is 0.903 bits per heavy atom. The quantitative estimate of drug-likeness (QED) is 0.646. The number of benzene rings is 3. The first kappa shape index (κ1) is 21.1. The van der Waals surface area contributed by atoms with Crippen molar-refractivity contribution in [1.29, 1.82) is 0 Å². The Balaban J connectivity index is 1.34. The van der Waals surface area contributed by atoms with Gasteiger partial charge < -0.3 is 10.2 Å². The average molecular weight is 418 g/mol. The molecule has 0 saturated carbocycles. The van der Waals surface area contributed by atoms with Gasteiger partial charge in [-0.2, -0.15) is 0 Å². The third-order valence-corrected chi connectivity index (χ3v) is 5.88. The molecule has 1 aliphatic rings. The number of nitrogens with one attached hydrogen (secondary N) is 1. The van der Waals surface area contributed by atoms with Crippen molar-refractivity contribution in [3.8, 4) is 0 Å². The molecular weight excluding hydrogens is 389 g/mol. The van der Waals surface area contributed by atoms with Gasteiger partial charge in [0, 0.05) is 50.5 Å². The minimum absolute atomic E-state index is 0.259. The van der Waals surface area contributed by atoms with Crippen LogP contribution in [0.25, 0.3) is 0 Å². The lowest BCUT2D eigenvalue weighted by atomic mass is 10.1. The minimum Gasteiger partial charge on any atom is -0.369 e. The number of rotatable bonds is 6. The Labute approximate surface area is 183 Å². The largest absolute Gasteiger partial charge is 0.369 e. The van der Waals surface area contributed by atoms with E-state index in [-0.39, 0.29) is 11.7 Å². The highest BCUT2D eigenvalue weighted by molar-refractivity contribution is 5.94. The highest BCUT2D eigenvalue weighted by atomic mass is 19.1. The molecular formula is C26H28FN3O. The maximum Gasteiger partial charge on any atom is 0.251 e. The van der Waals surface area contributed by atoms with Crippen LogP contribution in [0.4, 0.5) is 10.1 Å². The Morgan fingerprint density at radius 2 is 1.58 bits per heavy atom. The van der Waals surface area contributed by atoms with Gasteiger partial charge in [0.15, 0.2) is 0 Å². The van der Waals surface area contributed by atoms with Gasteiger partial charge in [0.1, 0.15) is 5.82 Å². The van der Waals surface area contributed by atoms with Crippen LogP contribution in [0.1, 0.15) is 27.0 Å². The Bertz CT molecular complexity index is 1030. The second-order valence-corrected chi connectivity index (χ2v) is 8.01. The zero-order chi connectivity index (χ0) is 21.6. The highest BCUT2D eigenvalue weighted by Crippen LogP contribution is 2.18. The molecule has 1 saturated heterocycles. The predicted molar refractivity (Wildman–Crippen MR) is 123 cm³/mol. The molecule has 0 bridgehead atoms. The third-order valence-electron chi connectivity index (χ3n) is 5.88. The van der Waals surface area contributed by atoms with Crippen LogP contribution in [0.15, 0.2) is 72.8 Å². The van der Waals surface area contributed by atoms with E-state index in [1.54, 1.807) is 19.1 Å². The number of hydrogen-bond acceptors (Lipinski definition) is 3. The zero-order valence-electron chi connectivity index (χ0n) is 17.9. The standard InChI is InChI=1S/C26H28FN3O/c1-20-11-12-21(17-25(20)27)26(31)28-18-22-7-5-6-8-23(22)19-29-13-15-30(16-14-29)24-9-3-2-4-10-24/h2-12,17H,13-16,18-19H2,1H3,(H,28,31). The van der Waals surface area contributed by atoms with E-state index in [9.17, 15) is 9.18 Å². The maximum atomic E-state index is 13.8. The molecule has 0 atom stereocenters. The molecule has 3 aromatic carbocycles. The van der Waals surface area contributed by atoms with Gasteiger partial charge in [0.05, 0.1) is 0 Å². The highest BCUT2D eigenvalue weighted by Gasteiger charge is 2.18. The van der Waals surface area contributed by atoms with Crippen LogP contribution in [0, 0.1) is 12.7 Å². The Morgan fingerprint density at radius 3 is 2.29 bits per heavy atom. The van der Waals surface area contributed by atoms with Crippen LogP contribution in [-0.2, 0) is 13.1 Å². The molecule has 1 fully saturated rings. The summed E-state index contributed by atoms with van der Waals surface area (Å²) in [4.78, 5) is 17.3. The molecule has 1 N–H and O–H groups in total. The lowest BCUT2D eigenvalue weighted by Crippen LogP contribution is -2.46. The molecule has 4 rings (SSSR count). The SMILES string of the molecule is Cc1ccc(C(=O)NCc2ccccc2CN2CCN(c3ccccc3)CC2)cc1F. The fraction of sp³-hybridized carbons (Fsp3) is 0.269. The van der Waals surface area contributed by atoms with Crippen molar-refractivity contribution in [2.75, 3.05) is 31.1 Å². The molecule has 0 aromatic heterocycles. The van der Waals surface area contributed by atoms with Crippen molar-refractivity contribution in [3.05, 3.63) is 101 Å². The summed E-state index contributed by atoms with van der Waals surface area (Å²) in [5, 5.41) is 2.94. The van der Waals surface area contributed by atoms with E-state index in [0.717, 1.165) is 38.3 Å². The van der Waals surface area contributed by atoms with Crippen molar-refractivity contribution < 1.29 is 9.18 Å². The van der Waals surface area contributed by atoms with E-state index in [1.807, 2.05) is 24.3 Å². The first-order valence-electron chi connectivity index (χ1n) is 10.7. The van der Waals surface area contributed by atoms with Gasteiger partial charge in [-0.05, 0) is 47.9 Å². The summed E-state index contributed by atoms with van der Waals surface area (Å²) in [6.45, 7) is 6.97. The second-order valence-electron chi connectivity index (χ2n) is 8.01. The summed E-state index contributed by atoms with van der Waals surface area (Å²) in [6, 6.07) is 23.3. The van der Waals surface area contributed by atoms with Gasteiger partial charge in [0.25, 0.3) is 5.91 Å². The molecule has 1 aliphatic heterocycles. The van der Waals surface area contributed by atoms with Crippen LogP contribution in [0.3, 0.4) is 0 Å². The molecule has 0 unspecified atom stereocenters. The lowest BCUT2D eigenvalue weighted by molar-refractivity contribution is 0.0950. The number of anilines is 1. The number of hydrogen-bond donors (Lipinski definition) is 1. The van der Waals surface area contributed by atoms with Gasteiger partial charge in [-0.3, -0.25) is 9.69 Å². The maximum absolute atomic E-state index is 13.8. The van der Waals surface area contributed by atoms with Crippen molar-refractivity contribution in [2.24, 2.45) is 0 Å². The number of nitrogens with zero attached hydrogens (tertiary/aromatic N) is 2. The number of para-hydroxylation sites is 1. The molecule has 3 aromatic rings. The molecule has 1 heterocycles. The molecule has 1 amide bonds. The fourth-order valence-electron chi connectivity index (χ4n) is 3.94. The summed E-state index contributed by atoms with van der Waals surface area (Å²) < 4.78 is 13.8. The van der Waals surface area contributed by atoms with Gasteiger partial charge >= 0.3 is 0 Å². The minimum atomic E-state index is -0.359. The van der Waals surface area contributed by atoms with Crippen LogP contribution in [-0.4, -0.2) is 37.0 Å². The topological polar surface area (TPSA) is 35.6 Å². The monoisotopic (exact) mass is 417 g/mol. The first-order chi connectivity index (χ1) is 15.1. The summed E-state index contributed by atoms with van der Waals surface area (Å²) in [5.74, 6) is -0.618. The van der Waals surface area contributed by atoms with Gasteiger partial charge in [-0.25, -0.2) is 4.39 Å². The molecule has 31 heavy (non-hydrogen) atoms. The Kier molecular flexibility index (Phi) is 6.63. The van der Waals surface area contributed by atoms with Crippen molar-refractivity contribution >= 4 is 11.6 Å². The smallest absolute Gasteiger partial charge is 0.251 e. The van der Waals surface area contributed by atoms with E-state index in [1.165, 1.54) is 17.3 Å². The number of amides is 1. The molecule has 160 valence electrons. The summed E-state index contributed by atoms with van der Waals surface area (Å²) >= 11 is 0. The zero-order valence-corrected chi connectivity index (χ0v) is 17.9. The van der Waals surface area contributed by atoms with E-state index >= 15 is 0 Å². The molecule has 0 radical (unpaired) electrons. The van der Waals surface area contributed by atoms with Crippen LogP contribution in [0.2, 0.25) is 0 Å². The van der Waals surface area contributed by atoms with Crippen molar-refractivity contribution in [2.45, 2.75) is 20.0 Å². The van der Waals surface area contributed by atoms with Crippen LogP contribution >= 0.6 is 0 Å². The van der Waals surface area contributed by atoms with E-state index in [2.05, 4.69) is 45.4 Å².